The Balaban J connectivity index is 0.00000363. The molecule has 0 spiro atoms. The van der Waals surface area contributed by atoms with Gasteiger partial charge in [0.1, 0.15) is 5.82 Å². The van der Waals surface area contributed by atoms with Crippen LogP contribution in [-0.2, 0) is 26.9 Å². The monoisotopic (exact) mass is 575 g/mol. The van der Waals surface area contributed by atoms with Crippen molar-refractivity contribution in [1.29, 1.82) is 0 Å². The summed E-state index contributed by atoms with van der Waals surface area (Å²) in [5.41, 5.74) is 2.30. The molecule has 1 saturated heterocycles. The Hall–Kier alpha value is -1.72. The van der Waals surface area contributed by atoms with Crippen LogP contribution in [0.15, 0.2) is 53.5 Å². The number of nitrogens with one attached hydrogen (secondary N) is 2. The molecular formula is C23H31FIN3O3S. The zero-order chi connectivity index (χ0) is 22.3. The van der Waals surface area contributed by atoms with Crippen molar-refractivity contribution < 1.29 is 17.5 Å². The molecule has 0 saturated carbocycles. The number of sulfone groups is 1. The summed E-state index contributed by atoms with van der Waals surface area (Å²) in [6.45, 7) is 4.23. The molecule has 1 fully saturated rings. The molecule has 2 N–H and O–H groups in total. The SMILES string of the molecule is CCNC(=NCc1cc(F)ccc1CS(C)(=O)=O)NCC1CCOC1c1ccccc1.I. The van der Waals surface area contributed by atoms with Crippen LogP contribution in [-0.4, -0.2) is 40.3 Å². The Morgan fingerprint density at radius 1 is 1.16 bits per heavy atom. The first-order chi connectivity index (χ1) is 14.9. The molecule has 0 bridgehead atoms. The van der Waals surface area contributed by atoms with E-state index in [1.165, 1.54) is 30.0 Å². The molecule has 1 aliphatic heterocycles. The Morgan fingerprint density at radius 3 is 2.59 bits per heavy atom. The van der Waals surface area contributed by atoms with Crippen molar-refractivity contribution in [1.82, 2.24) is 10.6 Å². The Bertz CT molecular complexity index is 1000. The molecule has 2 atom stereocenters. The number of ether oxygens (including phenoxy) is 1. The van der Waals surface area contributed by atoms with Crippen LogP contribution in [0, 0.1) is 11.7 Å². The normalized spacial score (nSPS) is 18.8. The third-order valence-electron chi connectivity index (χ3n) is 5.21. The second kappa shape index (κ2) is 12.5. The van der Waals surface area contributed by atoms with Gasteiger partial charge in [-0.15, -0.1) is 24.0 Å². The van der Waals surface area contributed by atoms with Gasteiger partial charge in [-0.2, -0.15) is 0 Å². The van der Waals surface area contributed by atoms with E-state index < -0.39 is 15.7 Å². The van der Waals surface area contributed by atoms with Crippen molar-refractivity contribution in [3.8, 4) is 0 Å². The predicted octanol–water partition coefficient (Wildman–Crippen LogP) is 3.82. The highest BCUT2D eigenvalue weighted by molar-refractivity contribution is 14.0. The van der Waals surface area contributed by atoms with Crippen LogP contribution in [0.1, 0.15) is 36.1 Å². The van der Waals surface area contributed by atoms with E-state index in [2.05, 4.69) is 27.8 Å². The number of benzene rings is 2. The van der Waals surface area contributed by atoms with Crippen LogP contribution < -0.4 is 10.6 Å². The van der Waals surface area contributed by atoms with E-state index in [1.807, 2.05) is 25.1 Å². The van der Waals surface area contributed by atoms with Gasteiger partial charge in [-0.3, -0.25) is 0 Å². The van der Waals surface area contributed by atoms with E-state index in [-0.39, 0.29) is 42.4 Å². The number of hydrogen-bond acceptors (Lipinski definition) is 4. The van der Waals surface area contributed by atoms with Gasteiger partial charge in [0.2, 0.25) is 0 Å². The van der Waals surface area contributed by atoms with Crippen molar-refractivity contribution in [3.63, 3.8) is 0 Å². The number of halogens is 2. The number of rotatable bonds is 8. The summed E-state index contributed by atoms with van der Waals surface area (Å²) in [7, 11) is -3.23. The van der Waals surface area contributed by atoms with Crippen LogP contribution in [0.2, 0.25) is 0 Å². The third-order valence-corrected chi connectivity index (χ3v) is 6.05. The smallest absolute Gasteiger partial charge is 0.191 e. The molecule has 1 aliphatic rings. The van der Waals surface area contributed by atoms with Gasteiger partial charge in [0.05, 0.1) is 18.4 Å². The second-order valence-electron chi connectivity index (χ2n) is 7.81. The molecule has 3 rings (SSSR count). The molecule has 2 aromatic carbocycles. The highest BCUT2D eigenvalue weighted by Crippen LogP contribution is 2.33. The first-order valence-corrected chi connectivity index (χ1v) is 12.6. The topological polar surface area (TPSA) is 79.8 Å². The summed E-state index contributed by atoms with van der Waals surface area (Å²) in [5, 5.41) is 6.56. The highest BCUT2D eigenvalue weighted by atomic mass is 127. The molecule has 6 nitrogen and oxygen atoms in total. The maximum Gasteiger partial charge on any atom is 0.191 e. The third kappa shape index (κ3) is 8.00. The van der Waals surface area contributed by atoms with Crippen LogP contribution in [0.5, 0.6) is 0 Å². The Morgan fingerprint density at radius 2 is 1.91 bits per heavy atom. The molecule has 2 unspecified atom stereocenters. The van der Waals surface area contributed by atoms with E-state index in [1.54, 1.807) is 0 Å². The molecule has 176 valence electrons. The minimum Gasteiger partial charge on any atom is -0.373 e. The van der Waals surface area contributed by atoms with Gasteiger partial charge in [0.25, 0.3) is 0 Å². The number of nitrogens with zero attached hydrogens (tertiary/aromatic N) is 1. The quantitative estimate of drug-likeness (QED) is 0.284. The molecule has 2 aromatic rings. The van der Waals surface area contributed by atoms with Crippen LogP contribution in [0.3, 0.4) is 0 Å². The van der Waals surface area contributed by atoms with Gasteiger partial charge in [0.15, 0.2) is 15.8 Å². The molecule has 0 aromatic heterocycles. The lowest BCUT2D eigenvalue weighted by atomic mass is 9.95. The molecule has 9 heteroatoms. The van der Waals surface area contributed by atoms with Gasteiger partial charge in [-0.25, -0.2) is 17.8 Å². The fourth-order valence-corrected chi connectivity index (χ4v) is 4.60. The van der Waals surface area contributed by atoms with Gasteiger partial charge >= 0.3 is 0 Å². The zero-order valence-electron chi connectivity index (χ0n) is 18.4. The summed E-state index contributed by atoms with van der Waals surface area (Å²) in [6, 6.07) is 14.3. The molecule has 0 radical (unpaired) electrons. The zero-order valence-corrected chi connectivity index (χ0v) is 21.5. The second-order valence-corrected chi connectivity index (χ2v) is 9.95. The van der Waals surface area contributed by atoms with E-state index >= 15 is 0 Å². The predicted molar refractivity (Wildman–Crippen MR) is 136 cm³/mol. The average Bonchev–Trinajstić information content (AvgIpc) is 3.20. The summed E-state index contributed by atoms with van der Waals surface area (Å²) >= 11 is 0. The van der Waals surface area contributed by atoms with Crippen molar-refractivity contribution in [2.45, 2.75) is 31.7 Å². The Kier molecular flexibility index (Phi) is 10.4. The number of guanidine groups is 1. The lowest BCUT2D eigenvalue weighted by Crippen LogP contribution is -2.40. The van der Waals surface area contributed by atoms with Crippen molar-refractivity contribution >= 4 is 39.8 Å². The van der Waals surface area contributed by atoms with Gasteiger partial charge < -0.3 is 15.4 Å². The summed E-state index contributed by atoms with van der Waals surface area (Å²) in [4.78, 5) is 4.57. The molecule has 0 aliphatic carbocycles. The summed E-state index contributed by atoms with van der Waals surface area (Å²) in [6.07, 6.45) is 2.16. The molecule has 1 heterocycles. The van der Waals surface area contributed by atoms with Crippen LogP contribution in [0.25, 0.3) is 0 Å². The van der Waals surface area contributed by atoms with Gasteiger partial charge in [-0.05, 0) is 42.2 Å². The fourth-order valence-electron chi connectivity index (χ4n) is 3.75. The standard InChI is InChI=1S/C23H30FN3O3S.HI/c1-3-25-23(26-14-18-11-12-30-22(18)17-7-5-4-6-8-17)27-15-20-13-21(24)10-9-19(20)16-31(2,28)29;/h4-10,13,18,22H,3,11-12,14-16H2,1-2H3,(H2,25,26,27);1H. The molecular weight excluding hydrogens is 544 g/mol. The molecule has 32 heavy (non-hydrogen) atoms. The summed E-state index contributed by atoms with van der Waals surface area (Å²) in [5.74, 6) is 0.367. The van der Waals surface area contributed by atoms with Gasteiger partial charge in [-0.1, -0.05) is 36.4 Å². The first kappa shape index (κ1) is 26.5. The summed E-state index contributed by atoms with van der Waals surface area (Å²) < 4.78 is 43.1. The lowest BCUT2D eigenvalue weighted by Gasteiger charge is -2.21. The number of hydrogen-bond donors (Lipinski definition) is 2. The molecule has 0 amide bonds. The maximum atomic E-state index is 13.8. The van der Waals surface area contributed by atoms with Crippen molar-refractivity contribution in [2.75, 3.05) is 26.0 Å². The van der Waals surface area contributed by atoms with E-state index in [4.69, 9.17) is 4.74 Å². The fraction of sp³-hybridized carbons (Fsp3) is 0.435. The van der Waals surface area contributed by atoms with E-state index in [0.29, 0.717) is 36.1 Å². The largest absolute Gasteiger partial charge is 0.373 e. The Labute approximate surface area is 207 Å². The first-order valence-electron chi connectivity index (χ1n) is 10.5. The van der Waals surface area contributed by atoms with Crippen LogP contribution >= 0.6 is 24.0 Å². The van der Waals surface area contributed by atoms with E-state index in [9.17, 15) is 12.8 Å². The van der Waals surface area contributed by atoms with E-state index in [0.717, 1.165) is 13.0 Å². The lowest BCUT2D eigenvalue weighted by molar-refractivity contribution is 0.0915. The van der Waals surface area contributed by atoms with Gasteiger partial charge in [0, 0.05) is 31.9 Å². The van der Waals surface area contributed by atoms with Crippen molar-refractivity contribution in [2.24, 2.45) is 10.9 Å². The van der Waals surface area contributed by atoms with Crippen molar-refractivity contribution in [3.05, 3.63) is 71.0 Å². The minimum atomic E-state index is -3.23. The average molecular weight is 575 g/mol. The minimum absolute atomic E-state index is 0. The van der Waals surface area contributed by atoms with Crippen LogP contribution in [0.4, 0.5) is 4.39 Å². The highest BCUT2D eigenvalue weighted by Gasteiger charge is 2.29. The number of aliphatic imine (C=N–C) groups is 1. The maximum absolute atomic E-state index is 13.8.